The Morgan fingerprint density at radius 2 is 2.07 bits per heavy atom. The van der Waals surface area contributed by atoms with Gasteiger partial charge in [0.15, 0.2) is 5.69 Å². The number of thiophene rings is 1. The van der Waals surface area contributed by atoms with Gasteiger partial charge in [-0.3, -0.25) is 9.69 Å². The van der Waals surface area contributed by atoms with Crippen LogP contribution < -0.4 is 0 Å². The molecule has 0 saturated carbocycles. The van der Waals surface area contributed by atoms with Crippen LogP contribution in [-0.2, 0) is 11.3 Å². The molecule has 150 valence electrons. The minimum absolute atomic E-state index is 0.0420. The fourth-order valence-corrected chi connectivity index (χ4v) is 4.84. The van der Waals surface area contributed by atoms with Crippen LogP contribution in [0.3, 0.4) is 0 Å². The topological polar surface area (TPSA) is 58.8 Å². The highest BCUT2D eigenvalue weighted by Crippen LogP contribution is 2.29. The molecule has 3 aromatic rings. The third-order valence-electron chi connectivity index (χ3n) is 5.66. The lowest BCUT2D eigenvalue weighted by molar-refractivity contribution is -0.0503. The van der Waals surface area contributed by atoms with Crippen LogP contribution in [-0.4, -0.2) is 59.1 Å². The molecule has 2 atom stereocenters. The van der Waals surface area contributed by atoms with Crippen molar-refractivity contribution in [3.05, 3.63) is 64.9 Å². The minimum atomic E-state index is -0.0771. The molecular formula is C22H23N3O3S. The molecule has 0 radical (unpaired) electrons. The molecule has 2 aromatic heterocycles. The second-order valence-corrected chi connectivity index (χ2v) is 8.49. The van der Waals surface area contributed by atoms with Crippen molar-refractivity contribution in [3.8, 4) is 10.8 Å². The van der Waals surface area contributed by atoms with E-state index in [-0.39, 0.29) is 18.1 Å². The number of carbonyl (C=O) groups excluding carboxylic acids is 1. The van der Waals surface area contributed by atoms with Gasteiger partial charge < -0.3 is 14.1 Å². The van der Waals surface area contributed by atoms with Crippen LogP contribution in [0.4, 0.5) is 0 Å². The summed E-state index contributed by atoms with van der Waals surface area (Å²) in [5.74, 6) is 1.00. The van der Waals surface area contributed by atoms with Gasteiger partial charge in [0.05, 0.1) is 23.6 Å². The Hall–Kier alpha value is -2.48. The molecule has 2 saturated heterocycles. The zero-order valence-electron chi connectivity index (χ0n) is 16.3. The van der Waals surface area contributed by atoms with E-state index >= 15 is 0 Å². The largest absolute Gasteiger partial charge is 0.440 e. The van der Waals surface area contributed by atoms with Gasteiger partial charge in [0.25, 0.3) is 5.91 Å². The Morgan fingerprint density at radius 3 is 2.86 bits per heavy atom. The van der Waals surface area contributed by atoms with Gasteiger partial charge in [-0.2, -0.15) is 0 Å². The lowest BCUT2D eigenvalue weighted by atomic mass is 10.1. The van der Waals surface area contributed by atoms with Crippen LogP contribution in [0, 0.1) is 6.92 Å². The van der Waals surface area contributed by atoms with Crippen molar-refractivity contribution >= 4 is 17.2 Å². The molecule has 2 aliphatic heterocycles. The molecule has 7 heteroatoms. The smallest absolute Gasteiger partial charge is 0.276 e. The van der Waals surface area contributed by atoms with Crippen molar-refractivity contribution in [2.45, 2.75) is 25.6 Å². The van der Waals surface area contributed by atoms with Gasteiger partial charge >= 0.3 is 0 Å². The van der Waals surface area contributed by atoms with Gasteiger partial charge in [-0.05, 0) is 23.9 Å². The normalized spacial score (nSPS) is 22.0. The number of hydrogen-bond donors (Lipinski definition) is 0. The monoisotopic (exact) mass is 409 g/mol. The fraction of sp³-hybridized carbons (Fsp3) is 0.364. The van der Waals surface area contributed by atoms with E-state index in [9.17, 15) is 4.79 Å². The highest BCUT2D eigenvalue weighted by atomic mass is 32.1. The zero-order chi connectivity index (χ0) is 19.8. The molecule has 0 spiro atoms. The van der Waals surface area contributed by atoms with E-state index in [2.05, 4.69) is 34.1 Å². The first-order valence-electron chi connectivity index (χ1n) is 9.89. The summed E-state index contributed by atoms with van der Waals surface area (Å²) in [4.78, 5) is 22.9. The van der Waals surface area contributed by atoms with E-state index in [0.717, 1.165) is 18.0 Å². The molecule has 6 nitrogen and oxygen atoms in total. The maximum Gasteiger partial charge on any atom is 0.276 e. The van der Waals surface area contributed by atoms with Crippen LogP contribution in [0.15, 0.2) is 52.3 Å². The second kappa shape index (κ2) is 7.74. The average molecular weight is 410 g/mol. The van der Waals surface area contributed by atoms with E-state index in [1.165, 1.54) is 5.56 Å². The fourth-order valence-electron chi connectivity index (χ4n) is 4.19. The molecule has 2 fully saturated rings. The van der Waals surface area contributed by atoms with Crippen molar-refractivity contribution < 1.29 is 13.9 Å². The van der Waals surface area contributed by atoms with E-state index in [1.54, 1.807) is 18.3 Å². The summed E-state index contributed by atoms with van der Waals surface area (Å²) < 4.78 is 11.8. The van der Waals surface area contributed by atoms with Crippen molar-refractivity contribution in [3.63, 3.8) is 0 Å². The van der Waals surface area contributed by atoms with Gasteiger partial charge in [-0.1, -0.05) is 36.4 Å². The number of amides is 1. The number of benzene rings is 1. The number of likely N-dealkylation sites (tertiary alicyclic amines) is 1. The Labute approximate surface area is 173 Å². The van der Waals surface area contributed by atoms with Gasteiger partial charge in [0, 0.05) is 26.2 Å². The number of nitrogens with zero attached hydrogens (tertiary/aromatic N) is 3. The number of ether oxygens (including phenoxy) is 1. The van der Waals surface area contributed by atoms with Crippen molar-refractivity contribution in [1.29, 1.82) is 0 Å². The molecule has 4 heterocycles. The molecule has 0 bridgehead atoms. The minimum Gasteiger partial charge on any atom is -0.440 e. The number of fused-ring (bicyclic) bond motifs is 1. The maximum atomic E-state index is 13.2. The average Bonchev–Trinajstić information content (AvgIpc) is 3.48. The van der Waals surface area contributed by atoms with Crippen LogP contribution in [0.2, 0.25) is 0 Å². The molecule has 1 aromatic carbocycles. The number of hydrogen-bond acceptors (Lipinski definition) is 6. The number of aromatic nitrogens is 1. The molecule has 2 aliphatic rings. The summed E-state index contributed by atoms with van der Waals surface area (Å²) in [6.07, 6.45) is 0.0420. The van der Waals surface area contributed by atoms with Gasteiger partial charge in [0.2, 0.25) is 5.89 Å². The Morgan fingerprint density at radius 1 is 1.21 bits per heavy atom. The highest BCUT2D eigenvalue weighted by Gasteiger charge is 2.42. The quantitative estimate of drug-likeness (QED) is 0.661. The van der Waals surface area contributed by atoms with Crippen LogP contribution in [0.25, 0.3) is 10.8 Å². The first kappa shape index (κ1) is 18.5. The van der Waals surface area contributed by atoms with E-state index in [4.69, 9.17) is 9.15 Å². The lowest BCUT2D eigenvalue weighted by Crippen LogP contribution is -2.50. The second-order valence-electron chi connectivity index (χ2n) is 7.54. The van der Waals surface area contributed by atoms with E-state index < -0.39 is 0 Å². The number of rotatable bonds is 4. The summed E-state index contributed by atoms with van der Waals surface area (Å²) in [5.41, 5.74) is 1.69. The Kier molecular flexibility index (Phi) is 4.95. The van der Waals surface area contributed by atoms with Crippen LogP contribution >= 0.6 is 11.3 Å². The molecule has 0 aliphatic carbocycles. The third-order valence-corrected chi connectivity index (χ3v) is 6.52. The number of oxazole rings is 1. The van der Waals surface area contributed by atoms with Crippen molar-refractivity contribution in [2.24, 2.45) is 0 Å². The molecule has 0 unspecified atom stereocenters. The van der Waals surface area contributed by atoms with Crippen molar-refractivity contribution in [2.75, 3.05) is 26.2 Å². The van der Waals surface area contributed by atoms with Gasteiger partial charge in [0.1, 0.15) is 5.76 Å². The summed E-state index contributed by atoms with van der Waals surface area (Å²) >= 11 is 1.55. The van der Waals surface area contributed by atoms with Crippen LogP contribution in [0.5, 0.6) is 0 Å². The van der Waals surface area contributed by atoms with Gasteiger partial charge in [-0.25, -0.2) is 4.98 Å². The van der Waals surface area contributed by atoms with E-state index in [1.807, 2.05) is 28.5 Å². The zero-order valence-corrected chi connectivity index (χ0v) is 17.1. The van der Waals surface area contributed by atoms with Crippen LogP contribution in [0.1, 0.15) is 21.8 Å². The molecule has 1 amide bonds. The standard InChI is InChI=1S/C22H23N3O3S/c1-15-20(23-21(28-15)19-8-5-11-29-19)22(26)25-13-17-18(14-25)27-10-9-24(17)12-16-6-3-2-4-7-16/h2-8,11,17-18H,9-10,12-14H2,1H3/t17-,18+/m0/s1. The Bertz CT molecular complexity index is 986. The first-order chi connectivity index (χ1) is 14.2. The van der Waals surface area contributed by atoms with Crippen molar-refractivity contribution in [1.82, 2.24) is 14.8 Å². The summed E-state index contributed by atoms with van der Waals surface area (Å²) in [6, 6.07) is 14.6. The predicted octanol–water partition coefficient (Wildman–Crippen LogP) is 3.44. The summed E-state index contributed by atoms with van der Waals surface area (Å²) in [5, 5.41) is 1.97. The van der Waals surface area contributed by atoms with E-state index in [0.29, 0.717) is 37.0 Å². The first-order valence-corrected chi connectivity index (χ1v) is 10.8. The molecular weight excluding hydrogens is 386 g/mol. The Balaban J connectivity index is 1.32. The lowest BCUT2D eigenvalue weighted by Gasteiger charge is -2.36. The third kappa shape index (κ3) is 3.61. The summed E-state index contributed by atoms with van der Waals surface area (Å²) in [6.45, 7) is 5.50. The SMILES string of the molecule is Cc1oc(-c2cccs2)nc1C(=O)N1C[C@H]2OCCN(Cc3ccccc3)[C@H]2C1. The molecule has 5 rings (SSSR count). The maximum absolute atomic E-state index is 13.2. The predicted molar refractivity (Wildman–Crippen MR) is 111 cm³/mol. The summed E-state index contributed by atoms with van der Waals surface area (Å²) in [7, 11) is 0. The number of morpholine rings is 1. The van der Waals surface area contributed by atoms with Gasteiger partial charge in [-0.15, -0.1) is 11.3 Å². The highest BCUT2D eigenvalue weighted by molar-refractivity contribution is 7.13. The molecule has 29 heavy (non-hydrogen) atoms. The number of carbonyl (C=O) groups is 1. The number of aryl methyl sites for hydroxylation is 1. The molecule has 0 N–H and O–H groups in total.